The van der Waals surface area contributed by atoms with Crippen LogP contribution in [-0.2, 0) is 0 Å². The van der Waals surface area contributed by atoms with E-state index in [4.69, 9.17) is 0 Å². The van der Waals surface area contributed by atoms with Crippen LogP contribution in [0.2, 0.25) is 0 Å². The van der Waals surface area contributed by atoms with E-state index >= 15 is 0 Å². The molecule has 0 saturated carbocycles. The van der Waals surface area contributed by atoms with Gasteiger partial charge in [-0.3, -0.25) is 0 Å². The Kier molecular flexibility index (Phi) is 4.62. The van der Waals surface area contributed by atoms with Gasteiger partial charge in [-0.25, -0.2) is 0 Å². The molecule has 0 aliphatic rings. The number of rotatable bonds is 4. The van der Waals surface area contributed by atoms with Crippen molar-refractivity contribution in [2.75, 3.05) is 0 Å². The average Bonchev–Trinajstić information content (AvgIpc) is 2.75. The molecular weight excluding hydrogens is 367 g/mol. The standard InChI is InChI=1S/C24H21O3P/c25-28(26,27,23-17-9-7-15-21(23)19-11-3-1-4-12-19)24-18-10-8-16-22(24)20-13-5-2-6-14-20/h1-18,25-27H. The Morgan fingerprint density at radius 2 is 0.714 bits per heavy atom. The number of hydrogen-bond acceptors (Lipinski definition) is 3. The van der Waals surface area contributed by atoms with E-state index in [1.807, 2.05) is 72.8 Å². The second-order valence-corrected chi connectivity index (χ2v) is 9.67. The van der Waals surface area contributed by atoms with Gasteiger partial charge in [0.15, 0.2) is 0 Å². The molecule has 4 aromatic carbocycles. The molecule has 4 aromatic rings. The summed E-state index contributed by atoms with van der Waals surface area (Å²) in [6, 6.07) is 32.7. The second kappa shape index (κ2) is 6.97. The summed E-state index contributed by atoms with van der Waals surface area (Å²) in [5.41, 5.74) is 2.80. The van der Waals surface area contributed by atoms with Gasteiger partial charge in [0.25, 0.3) is 0 Å². The first-order chi connectivity index (χ1) is 13.5. The Balaban J connectivity index is 1.97. The number of benzene rings is 4. The predicted molar refractivity (Wildman–Crippen MR) is 117 cm³/mol. The molecule has 4 rings (SSSR count). The first-order valence-corrected chi connectivity index (χ1v) is 11.1. The molecule has 28 heavy (non-hydrogen) atoms. The minimum atomic E-state index is -5.41. The topological polar surface area (TPSA) is 60.7 Å². The van der Waals surface area contributed by atoms with Crippen LogP contribution >= 0.6 is 7.28 Å². The Morgan fingerprint density at radius 3 is 1.11 bits per heavy atom. The molecule has 0 spiro atoms. The van der Waals surface area contributed by atoms with Crippen molar-refractivity contribution in [2.45, 2.75) is 0 Å². The van der Waals surface area contributed by atoms with Gasteiger partial charge in [-0.05, 0) is 0 Å². The van der Waals surface area contributed by atoms with Crippen molar-refractivity contribution in [1.29, 1.82) is 0 Å². The number of hydrogen-bond donors (Lipinski definition) is 3. The monoisotopic (exact) mass is 388 g/mol. The van der Waals surface area contributed by atoms with E-state index in [2.05, 4.69) is 0 Å². The van der Waals surface area contributed by atoms with Gasteiger partial charge >= 0.3 is 164 Å². The maximum atomic E-state index is 11.4. The third-order valence-corrected chi connectivity index (χ3v) is 7.42. The van der Waals surface area contributed by atoms with Crippen LogP contribution in [0, 0.1) is 0 Å². The fourth-order valence-electron chi connectivity index (χ4n) is 3.52. The van der Waals surface area contributed by atoms with E-state index in [9.17, 15) is 14.7 Å². The van der Waals surface area contributed by atoms with Gasteiger partial charge in [0, 0.05) is 0 Å². The third kappa shape index (κ3) is 3.26. The SMILES string of the molecule is OP(O)(O)(c1ccccc1-c1ccccc1)c1ccccc1-c1ccccc1. The molecule has 3 N–H and O–H groups in total. The quantitative estimate of drug-likeness (QED) is 0.458. The van der Waals surface area contributed by atoms with Crippen LogP contribution in [0.15, 0.2) is 109 Å². The zero-order chi connectivity index (χ0) is 19.6. The van der Waals surface area contributed by atoms with E-state index in [-0.39, 0.29) is 10.6 Å². The molecule has 0 aromatic heterocycles. The Hall–Kier alpha value is -2.81. The molecule has 4 heteroatoms. The van der Waals surface area contributed by atoms with Crippen molar-refractivity contribution in [3.63, 3.8) is 0 Å². The third-order valence-electron chi connectivity index (χ3n) is 4.87. The molecule has 0 aliphatic carbocycles. The van der Waals surface area contributed by atoms with E-state index in [1.165, 1.54) is 0 Å². The van der Waals surface area contributed by atoms with Crippen LogP contribution in [-0.4, -0.2) is 14.7 Å². The molecule has 3 nitrogen and oxygen atoms in total. The van der Waals surface area contributed by atoms with E-state index in [0.29, 0.717) is 11.1 Å². The minimum absolute atomic E-state index is 0.128. The van der Waals surface area contributed by atoms with Gasteiger partial charge in [0.2, 0.25) is 0 Å². The molecule has 0 saturated heterocycles. The Bertz CT molecular complexity index is 1010. The zero-order valence-electron chi connectivity index (χ0n) is 15.2. The van der Waals surface area contributed by atoms with E-state index < -0.39 is 7.28 Å². The van der Waals surface area contributed by atoms with Crippen LogP contribution in [0.3, 0.4) is 0 Å². The molecule has 0 amide bonds. The Labute approximate surface area is 164 Å². The molecule has 0 fully saturated rings. The van der Waals surface area contributed by atoms with Gasteiger partial charge in [-0.15, -0.1) is 0 Å². The van der Waals surface area contributed by atoms with Crippen molar-refractivity contribution in [3.05, 3.63) is 109 Å². The van der Waals surface area contributed by atoms with Crippen LogP contribution in [0.25, 0.3) is 22.3 Å². The Morgan fingerprint density at radius 1 is 0.393 bits per heavy atom. The maximum absolute atomic E-state index is 11.4. The molecule has 140 valence electrons. The predicted octanol–water partition coefficient (Wildman–Crippen LogP) is 4.25. The fraction of sp³-hybridized carbons (Fsp3) is 0. The van der Waals surface area contributed by atoms with Gasteiger partial charge in [-0.2, -0.15) is 0 Å². The molecule has 0 atom stereocenters. The summed E-state index contributed by atoms with van der Waals surface area (Å²) in [6.45, 7) is 0. The van der Waals surface area contributed by atoms with E-state index in [1.54, 1.807) is 36.4 Å². The van der Waals surface area contributed by atoms with Gasteiger partial charge in [-0.1, -0.05) is 0 Å². The van der Waals surface area contributed by atoms with Crippen LogP contribution in [0.5, 0.6) is 0 Å². The van der Waals surface area contributed by atoms with Crippen LogP contribution in [0.1, 0.15) is 0 Å². The van der Waals surface area contributed by atoms with Gasteiger partial charge in [0.1, 0.15) is 0 Å². The van der Waals surface area contributed by atoms with Crippen molar-refractivity contribution in [2.24, 2.45) is 0 Å². The first-order valence-electron chi connectivity index (χ1n) is 9.02. The van der Waals surface area contributed by atoms with Crippen molar-refractivity contribution >= 4 is 17.9 Å². The first kappa shape index (κ1) is 18.5. The fourth-order valence-corrected chi connectivity index (χ4v) is 5.79. The second-order valence-electron chi connectivity index (χ2n) is 6.75. The van der Waals surface area contributed by atoms with Crippen LogP contribution in [0.4, 0.5) is 0 Å². The molecule has 0 unspecified atom stereocenters. The summed E-state index contributed by atoms with van der Waals surface area (Å²) in [4.78, 5) is 34.3. The summed E-state index contributed by atoms with van der Waals surface area (Å²) >= 11 is 0. The molecule has 0 aliphatic heterocycles. The molecule has 0 radical (unpaired) electrons. The van der Waals surface area contributed by atoms with Crippen molar-refractivity contribution in [3.8, 4) is 22.3 Å². The molecular formula is C24H21O3P. The molecule has 0 heterocycles. The molecule has 0 bridgehead atoms. The summed E-state index contributed by atoms with van der Waals surface area (Å²) in [6.07, 6.45) is 0. The summed E-state index contributed by atoms with van der Waals surface area (Å²) in [7, 11) is -5.41. The van der Waals surface area contributed by atoms with Gasteiger partial charge < -0.3 is 0 Å². The summed E-state index contributed by atoms with van der Waals surface area (Å²) < 4.78 is 0. The van der Waals surface area contributed by atoms with Crippen LogP contribution < -0.4 is 10.6 Å². The normalized spacial score (nSPS) is 12.9. The van der Waals surface area contributed by atoms with Crippen molar-refractivity contribution in [1.82, 2.24) is 0 Å². The summed E-state index contributed by atoms with van der Waals surface area (Å²) in [5.74, 6) is 0. The van der Waals surface area contributed by atoms with Gasteiger partial charge in [0.05, 0.1) is 0 Å². The summed E-state index contributed by atoms with van der Waals surface area (Å²) in [5, 5.41) is 0.256. The van der Waals surface area contributed by atoms with E-state index in [0.717, 1.165) is 11.1 Å². The van der Waals surface area contributed by atoms with Crippen molar-refractivity contribution < 1.29 is 14.7 Å². The average molecular weight is 388 g/mol. The zero-order valence-corrected chi connectivity index (χ0v) is 16.1.